The maximum absolute atomic E-state index is 11.7. The van der Waals surface area contributed by atoms with Crippen molar-refractivity contribution >= 4 is 21.9 Å². The summed E-state index contributed by atoms with van der Waals surface area (Å²) in [6, 6.07) is 5.70. The van der Waals surface area contributed by atoms with Gasteiger partial charge in [-0.05, 0) is 55.9 Å². The van der Waals surface area contributed by atoms with E-state index in [0.717, 1.165) is 40.3 Å². The number of H-pyrrole nitrogens is 1. The molecule has 0 amide bonds. The number of aromatic nitrogens is 1. The van der Waals surface area contributed by atoms with Crippen LogP contribution in [-0.2, 0) is 12.8 Å². The van der Waals surface area contributed by atoms with Crippen molar-refractivity contribution in [2.24, 2.45) is 0 Å². The van der Waals surface area contributed by atoms with Crippen molar-refractivity contribution in [1.29, 1.82) is 0 Å². The van der Waals surface area contributed by atoms with E-state index in [9.17, 15) is 4.79 Å². The van der Waals surface area contributed by atoms with E-state index in [1.807, 2.05) is 13.0 Å². The first kappa shape index (κ1) is 10.9. The Kier molecular flexibility index (Phi) is 2.13. The highest BCUT2D eigenvalue weighted by molar-refractivity contribution is 6.06. The van der Waals surface area contributed by atoms with Crippen LogP contribution in [0.25, 0.3) is 21.9 Å². The molecule has 0 radical (unpaired) electrons. The number of nitrogens with one attached hydrogen (secondary N) is 1. The average molecular weight is 253 g/mol. The van der Waals surface area contributed by atoms with Crippen LogP contribution in [0, 0.1) is 6.92 Å². The smallest absolute Gasteiger partial charge is 0.336 e. The molecule has 0 saturated carbocycles. The number of rotatable bonds is 0. The summed E-state index contributed by atoms with van der Waals surface area (Å²) in [6.07, 6.45) is 4.63. The lowest BCUT2D eigenvalue weighted by Gasteiger charge is -2.11. The monoisotopic (exact) mass is 253 g/mol. The Hall–Kier alpha value is -2.03. The van der Waals surface area contributed by atoms with Crippen LogP contribution < -0.4 is 5.63 Å². The molecule has 3 aromatic rings. The molecule has 1 aliphatic carbocycles. The second-order valence-electron chi connectivity index (χ2n) is 5.40. The minimum absolute atomic E-state index is 0.261. The Morgan fingerprint density at radius 2 is 2.05 bits per heavy atom. The van der Waals surface area contributed by atoms with E-state index >= 15 is 0 Å². The fraction of sp³-hybridized carbons (Fsp3) is 0.312. The van der Waals surface area contributed by atoms with E-state index in [-0.39, 0.29) is 5.63 Å². The predicted octanol–water partition coefficient (Wildman–Crippen LogP) is 3.46. The summed E-state index contributed by atoms with van der Waals surface area (Å²) < 4.78 is 5.50. The second kappa shape index (κ2) is 3.73. The van der Waals surface area contributed by atoms with Crippen LogP contribution in [0.15, 0.2) is 27.4 Å². The summed E-state index contributed by atoms with van der Waals surface area (Å²) in [5, 5.41) is 2.16. The van der Waals surface area contributed by atoms with Crippen LogP contribution in [0.3, 0.4) is 0 Å². The number of hydrogen-bond donors (Lipinski definition) is 1. The van der Waals surface area contributed by atoms with Gasteiger partial charge in [0.25, 0.3) is 0 Å². The molecule has 0 atom stereocenters. The SMILES string of the molecule is Cc1cc(=O)oc2c1ccc1[nH]c3c(c12)CCCC3. The topological polar surface area (TPSA) is 46.0 Å². The standard InChI is InChI=1S/C16H15NO2/c1-9-8-14(18)19-16-10(9)6-7-13-15(16)11-4-2-3-5-12(11)17-13/h6-8,17H,2-5H2,1H3. The Balaban J connectivity index is 2.24. The molecular formula is C16H15NO2. The molecule has 3 nitrogen and oxygen atoms in total. The van der Waals surface area contributed by atoms with Gasteiger partial charge in [0, 0.05) is 28.0 Å². The van der Waals surface area contributed by atoms with E-state index in [1.165, 1.54) is 24.1 Å². The van der Waals surface area contributed by atoms with Gasteiger partial charge in [0.15, 0.2) is 0 Å². The Labute approximate surface area is 110 Å². The molecule has 0 bridgehead atoms. The number of aromatic amines is 1. The van der Waals surface area contributed by atoms with E-state index in [4.69, 9.17) is 4.42 Å². The quantitative estimate of drug-likeness (QED) is 0.624. The van der Waals surface area contributed by atoms with Gasteiger partial charge in [-0.3, -0.25) is 0 Å². The van der Waals surface area contributed by atoms with Crippen molar-refractivity contribution < 1.29 is 4.42 Å². The Bertz CT molecular complexity index is 854. The number of fused-ring (bicyclic) bond motifs is 5. The summed E-state index contributed by atoms with van der Waals surface area (Å²) in [7, 11) is 0. The van der Waals surface area contributed by atoms with Crippen molar-refractivity contribution in [3.05, 3.63) is 45.4 Å². The summed E-state index contributed by atoms with van der Waals surface area (Å²) in [4.78, 5) is 15.1. The van der Waals surface area contributed by atoms with Gasteiger partial charge < -0.3 is 9.40 Å². The third-order valence-corrected chi connectivity index (χ3v) is 4.17. The van der Waals surface area contributed by atoms with Crippen molar-refractivity contribution in [1.82, 2.24) is 4.98 Å². The zero-order valence-corrected chi connectivity index (χ0v) is 10.9. The molecule has 96 valence electrons. The molecule has 0 spiro atoms. The van der Waals surface area contributed by atoms with Crippen LogP contribution in [0.1, 0.15) is 29.7 Å². The Morgan fingerprint density at radius 1 is 1.21 bits per heavy atom. The summed E-state index contributed by atoms with van der Waals surface area (Å²) in [5.41, 5.74) is 5.23. The third kappa shape index (κ3) is 1.47. The van der Waals surface area contributed by atoms with E-state index < -0.39 is 0 Å². The zero-order chi connectivity index (χ0) is 13.0. The minimum Gasteiger partial charge on any atom is -0.422 e. The molecule has 3 heteroatoms. The number of aryl methyl sites for hydroxylation is 3. The highest BCUT2D eigenvalue weighted by Crippen LogP contribution is 2.34. The van der Waals surface area contributed by atoms with Crippen LogP contribution in [0.4, 0.5) is 0 Å². The van der Waals surface area contributed by atoms with Gasteiger partial charge in [-0.2, -0.15) is 0 Å². The first-order valence-corrected chi connectivity index (χ1v) is 6.81. The van der Waals surface area contributed by atoms with Gasteiger partial charge in [0.05, 0.1) is 0 Å². The number of benzene rings is 1. The maximum atomic E-state index is 11.7. The van der Waals surface area contributed by atoms with Crippen molar-refractivity contribution in [3.63, 3.8) is 0 Å². The molecular weight excluding hydrogens is 238 g/mol. The highest BCUT2D eigenvalue weighted by Gasteiger charge is 2.18. The van der Waals surface area contributed by atoms with Crippen molar-refractivity contribution in [3.8, 4) is 0 Å². The lowest BCUT2D eigenvalue weighted by atomic mass is 9.94. The first-order chi connectivity index (χ1) is 9.24. The summed E-state index contributed by atoms with van der Waals surface area (Å²) >= 11 is 0. The van der Waals surface area contributed by atoms with Crippen LogP contribution in [-0.4, -0.2) is 4.98 Å². The second-order valence-corrected chi connectivity index (χ2v) is 5.40. The fourth-order valence-electron chi connectivity index (χ4n) is 3.27. The highest BCUT2D eigenvalue weighted by atomic mass is 16.4. The average Bonchev–Trinajstić information content (AvgIpc) is 2.77. The van der Waals surface area contributed by atoms with Gasteiger partial charge in [-0.15, -0.1) is 0 Å². The molecule has 4 rings (SSSR count). The maximum Gasteiger partial charge on any atom is 0.336 e. The summed E-state index contributed by atoms with van der Waals surface area (Å²) in [5.74, 6) is 0. The van der Waals surface area contributed by atoms with Gasteiger partial charge in [0.2, 0.25) is 0 Å². The molecule has 2 heterocycles. The normalized spacial score (nSPS) is 15.0. The van der Waals surface area contributed by atoms with Crippen LogP contribution in [0.5, 0.6) is 0 Å². The van der Waals surface area contributed by atoms with E-state index in [2.05, 4.69) is 11.1 Å². The Morgan fingerprint density at radius 3 is 2.95 bits per heavy atom. The number of hydrogen-bond acceptors (Lipinski definition) is 2. The molecule has 1 N–H and O–H groups in total. The molecule has 0 aliphatic heterocycles. The molecule has 0 saturated heterocycles. The van der Waals surface area contributed by atoms with E-state index in [1.54, 1.807) is 6.07 Å². The lowest BCUT2D eigenvalue weighted by molar-refractivity contribution is 0.562. The molecule has 0 unspecified atom stereocenters. The van der Waals surface area contributed by atoms with Gasteiger partial charge in [-0.25, -0.2) is 4.79 Å². The molecule has 19 heavy (non-hydrogen) atoms. The lowest BCUT2D eigenvalue weighted by Crippen LogP contribution is -2.01. The zero-order valence-electron chi connectivity index (χ0n) is 10.9. The van der Waals surface area contributed by atoms with Crippen LogP contribution >= 0.6 is 0 Å². The summed E-state index contributed by atoms with van der Waals surface area (Å²) in [6.45, 7) is 1.96. The van der Waals surface area contributed by atoms with Gasteiger partial charge >= 0.3 is 5.63 Å². The predicted molar refractivity (Wildman–Crippen MR) is 75.7 cm³/mol. The third-order valence-electron chi connectivity index (χ3n) is 4.17. The molecule has 0 fully saturated rings. The largest absolute Gasteiger partial charge is 0.422 e. The molecule has 1 aliphatic rings. The van der Waals surface area contributed by atoms with Crippen molar-refractivity contribution in [2.75, 3.05) is 0 Å². The van der Waals surface area contributed by atoms with Gasteiger partial charge in [0.1, 0.15) is 5.58 Å². The first-order valence-electron chi connectivity index (χ1n) is 6.81. The van der Waals surface area contributed by atoms with Crippen molar-refractivity contribution in [2.45, 2.75) is 32.6 Å². The van der Waals surface area contributed by atoms with E-state index in [0.29, 0.717) is 0 Å². The van der Waals surface area contributed by atoms with Crippen LogP contribution in [0.2, 0.25) is 0 Å². The van der Waals surface area contributed by atoms with Gasteiger partial charge in [-0.1, -0.05) is 0 Å². The molecule has 2 aromatic heterocycles. The minimum atomic E-state index is -0.261. The fourth-order valence-corrected chi connectivity index (χ4v) is 3.27. The molecule has 1 aromatic carbocycles.